The lowest BCUT2D eigenvalue weighted by molar-refractivity contribution is 0.660. The first-order valence-electron chi connectivity index (χ1n) is 31.5. The van der Waals surface area contributed by atoms with Crippen LogP contribution in [-0.2, 0) is 16.2 Å². The van der Waals surface area contributed by atoms with E-state index in [1.165, 1.54) is 122 Å². The van der Waals surface area contributed by atoms with Gasteiger partial charge in [0.1, 0.15) is 0 Å². The quantitative estimate of drug-likeness (QED) is 0.113. The molecule has 0 bridgehead atoms. The molecule has 0 unspecified atom stereocenters. The fourth-order valence-corrected chi connectivity index (χ4v) is 14.6. The van der Waals surface area contributed by atoms with Gasteiger partial charge in [-0.25, -0.2) is 0 Å². The zero-order valence-corrected chi connectivity index (χ0v) is 52.1. The van der Waals surface area contributed by atoms with Crippen LogP contribution in [0.1, 0.15) is 108 Å². The number of fused-ring (bicyclic) bond motifs is 9. The standard InChI is InChI=1S/C87H72N2/c1-57-27-39-65(40-28-57)88(83-25-17-15-23-69(83)63-19-11-9-12-20-63)67-43-49-75-73-47-37-61(53-79(73)86(5,6)81(75)55-67)33-31-59-35-45-71-72-46-36-60(52-78(72)85(3,4)77(71)51-59)32-34-62-38-48-74-76-50-44-68(56-82(76)87(7,8)80(74)54-62)89(66-41-29-58(2)30-42-66)84-26-18-16-24-70(84)64-21-13-10-14-22-64/h9-56H,1-8H3/b33-31+,34-32+. The second kappa shape index (κ2) is 21.5. The van der Waals surface area contributed by atoms with Gasteiger partial charge in [0.05, 0.1) is 11.4 Å². The van der Waals surface area contributed by atoms with Crippen molar-refractivity contribution < 1.29 is 0 Å². The average molecular weight is 1150 g/mol. The molecule has 0 atom stereocenters. The van der Waals surface area contributed by atoms with Crippen LogP contribution in [0.5, 0.6) is 0 Å². The fourth-order valence-electron chi connectivity index (χ4n) is 14.6. The monoisotopic (exact) mass is 1140 g/mol. The molecule has 12 aromatic carbocycles. The number of hydrogen-bond donors (Lipinski definition) is 0. The van der Waals surface area contributed by atoms with Crippen LogP contribution in [0.3, 0.4) is 0 Å². The third-order valence-corrected chi connectivity index (χ3v) is 19.6. The van der Waals surface area contributed by atoms with Gasteiger partial charge in [-0.2, -0.15) is 0 Å². The van der Waals surface area contributed by atoms with Gasteiger partial charge in [-0.05, 0) is 175 Å². The maximum atomic E-state index is 2.44. The second-order valence-corrected chi connectivity index (χ2v) is 26.3. The highest BCUT2D eigenvalue weighted by Gasteiger charge is 2.39. The topological polar surface area (TPSA) is 6.48 Å². The van der Waals surface area contributed by atoms with E-state index in [1.807, 2.05) is 0 Å². The Bertz CT molecular complexity index is 4500. The summed E-state index contributed by atoms with van der Waals surface area (Å²) >= 11 is 0. The molecule has 15 rings (SSSR count). The minimum Gasteiger partial charge on any atom is -0.310 e. The van der Waals surface area contributed by atoms with Gasteiger partial charge in [0.2, 0.25) is 0 Å². The van der Waals surface area contributed by atoms with Crippen molar-refractivity contribution >= 4 is 58.4 Å². The summed E-state index contributed by atoms with van der Waals surface area (Å²) < 4.78 is 0. The predicted molar refractivity (Wildman–Crippen MR) is 380 cm³/mol. The molecule has 0 radical (unpaired) electrons. The molecule has 0 fully saturated rings. The largest absolute Gasteiger partial charge is 0.310 e. The molecule has 0 N–H and O–H groups in total. The Balaban J connectivity index is 0.670. The van der Waals surface area contributed by atoms with E-state index in [0.717, 1.165) is 34.1 Å². The number of anilines is 6. The lowest BCUT2D eigenvalue weighted by Crippen LogP contribution is -2.17. The van der Waals surface area contributed by atoms with E-state index in [1.54, 1.807) is 0 Å². The third kappa shape index (κ3) is 9.58. The van der Waals surface area contributed by atoms with Crippen LogP contribution in [0.4, 0.5) is 34.1 Å². The molecule has 12 aromatic rings. The average Bonchev–Trinajstić information content (AvgIpc) is 1.64. The zero-order valence-electron chi connectivity index (χ0n) is 52.1. The van der Waals surface area contributed by atoms with Crippen molar-refractivity contribution in [1.82, 2.24) is 0 Å². The van der Waals surface area contributed by atoms with Crippen LogP contribution in [0.2, 0.25) is 0 Å². The van der Waals surface area contributed by atoms with E-state index in [0.29, 0.717) is 0 Å². The van der Waals surface area contributed by atoms with Crippen molar-refractivity contribution in [2.75, 3.05) is 9.80 Å². The molecule has 89 heavy (non-hydrogen) atoms. The van der Waals surface area contributed by atoms with Crippen LogP contribution in [0.25, 0.3) is 79.9 Å². The number of benzene rings is 12. The van der Waals surface area contributed by atoms with Gasteiger partial charge in [-0.15, -0.1) is 0 Å². The molecule has 0 aliphatic heterocycles. The Morgan fingerprint density at radius 3 is 0.809 bits per heavy atom. The van der Waals surface area contributed by atoms with Gasteiger partial charge < -0.3 is 9.80 Å². The summed E-state index contributed by atoms with van der Waals surface area (Å²) in [7, 11) is 0. The van der Waals surface area contributed by atoms with Crippen LogP contribution in [0.15, 0.2) is 267 Å². The summed E-state index contributed by atoms with van der Waals surface area (Å²) in [6.45, 7) is 18.6. The number of hydrogen-bond acceptors (Lipinski definition) is 2. The van der Waals surface area contributed by atoms with Crippen molar-refractivity contribution in [2.45, 2.75) is 71.6 Å². The molecule has 0 amide bonds. The van der Waals surface area contributed by atoms with Crippen molar-refractivity contribution in [3.63, 3.8) is 0 Å². The summed E-state index contributed by atoms with van der Waals surface area (Å²) in [5.41, 5.74) is 34.4. The van der Waals surface area contributed by atoms with Crippen LogP contribution >= 0.6 is 0 Å². The Morgan fingerprint density at radius 2 is 0.494 bits per heavy atom. The highest BCUT2D eigenvalue weighted by molar-refractivity contribution is 5.94. The first-order chi connectivity index (χ1) is 43.2. The summed E-state index contributed by atoms with van der Waals surface area (Å²) in [5, 5.41) is 0. The molecular weight excluding hydrogens is 1070 g/mol. The fraction of sp³-hybridized carbons (Fsp3) is 0.126. The normalized spacial score (nSPS) is 14.2. The number of nitrogens with zero attached hydrogens (tertiary/aromatic N) is 2. The molecule has 0 aromatic heterocycles. The van der Waals surface area contributed by atoms with Crippen LogP contribution in [0, 0.1) is 13.8 Å². The van der Waals surface area contributed by atoms with Gasteiger partial charge in [-0.3, -0.25) is 0 Å². The van der Waals surface area contributed by atoms with Crippen molar-refractivity contribution in [2.24, 2.45) is 0 Å². The van der Waals surface area contributed by atoms with Crippen LogP contribution in [-0.4, -0.2) is 0 Å². The Labute approximate surface area is 526 Å². The van der Waals surface area contributed by atoms with Crippen molar-refractivity contribution in [3.05, 3.63) is 334 Å². The number of rotatable bonds is 12. The Kier molecular flexibility index (Phi) is 13.4. The predicted octanol–water partition coefficient (Wildman–Crippen LogP) is 23.8. The molecule has 0 heterocycles. The van der Waals surface area contributed by atoms with Crippen molar-refractivity contribution in [1.29, 1.82) is 0 Å². The van der Waals surface area contributed by atoms with E-state index < -0.39 is 0 Å². The summed E-state index contributed by atoms with van der Waals surface area (Å²) in [4.78, 5) is 4.86. The first-order valence-corrected chi connectivity index (χ1v) is 31.5. The highest BCUT2D eigenvalue weighted by Crippen LogP contribution is 2.55. The number of para-hydroxylation sites is 2. The second-order valence-electron chi connectivity index (χ2n) is 26.3. The lowest BCUT2D eigenvalue weighted by Gasteiger charge is -2.30. The molecular formula is C87H72N2. The van der Waals surface area contributed by atoms with Crippen LogP contribution < -0.4 is 9.80 Å². The Hall–Kier alpha value is -10.3. The van der Waals surface area contributed by atoms with Gasteiger partial charge in [0.15, 0.2) is 0 Å². The minimum atomic E-state index is -0.209. The molecule has 2 heteroatoms. The van der Waals surface area contributed by atoms with Gasteiger partial charge in [0.25, 0.3) is 0 Å². The number of aryl methyl sites for hydroxylation is 2. The van der Waals surface area contributed by atoms with Gasteiger partial charge >= 0.3 is 0 Å². The molecule has 2 nitrogen and oxygen atoms in total. The molecule has 3 aliphatic carbocycles. The Morgan fingerprint density at radius 1 is 0.236 bits per heavy atom. The van der Waals surface area contributed by atoms with E-state index in [9.17, 15) is 0 Å². The van der Waals surface area contributed by atoms with Crippen molar-refractivity contribution in [3.8, 4) is 55.6 Å². The van der Waals surface area contributed by atoms with Gasteiger partial charge in [-0.1, -0.05) is 283 Å². The molecule has 0 saturated carbocycles. The maximum absolute atomic E-state index is 2.44. The summed E-state index contributed by atoms with van der Waals surface area (Å²) in [5.74, 6) is 0. The summed E-state index contributed by atoms with van der Waals surface area (Å²) in [6, 6.07) is 99.3. The SMILES string of the molecule is Cc1ccc(N(c2ccc3c(c2)C(C)(C)c2cc(/C=C/c4ccc5c(c4)C(C)(C)c4cc(/C=C/c6ccc7c(c6)C(C)(C)c6cc(N(c8ccc(C)cc8)c8ccccc8-c8ccccc8)ccc6-7)ccc4-5)ccc2-3)c2ccccc2-c2ccccc2)cc1. The molecule has 0 saturated heterocycles. The highest BCUT2D eigenvalue weighted by atomic mass is 15.2. The van der Waals surface area contributed by atoms with E-state index >= 15 is 0 Å². The van der Waals surface area contributed by atoms with E-state index in [2.05, 4.69) is 356 Å². The van der Waals surface area contributed by atoms with Gasteiger partial charge in [0, 0.05) is 50.1 Å². The molecule has 0 spiro atoms. The smallest absolute Gasteiger partial charge is 0.0540 e. The maximum Gasteiger partial charge on any atom is 0.0540 e. The molecule has 3 aliphatic rings. The van der Waals surface area contributed by atoms with E-state index in [4.69, 9.17) is 0 Å². The third-order valence-electron chi connectivity index (χ3n) is 19.6. The lowest BCUT2D eigenvalue weighted by atomic mass is 9.81. The summed E-state index contributed by atoms with van der Waals surface area (Å²) in [6.07, 6.45) is 9.20. The minimum absolute atomic E-state index is 0.167. The zero-order chi connectivity index (χ0) is 60.8. The van der Waals surface area contributed by atoms with E-state index in [-0.39, 0.29) is 16.2 Å². The first kappa shape index (κ1) is 55.3. The molecule has 430 valence electrons.